The molecule has 1 N–H and O–H groups in total. The van der Waals surface area contributed by atoms with Gasteiger partial charge in [-0.2, -0.15) is 13.2 Å². The van der Waals surface area contributed by atoms with Crippen molar-refractivity contribution in [3.63, 3.8) is 0 Å². The third kappa shape index (κ3) is 2.50. The Hall–Kier alpha value is -1.15. The molecular formula is C8H10F3NO4. The number of rotatable bonds is 3. The fourth-order valence-corrected chi connectivity index (χ4v) is 1.58. The van der Waals surface area contributed by atoms with Gasteiger partial charge < -0.3 is 9.84 Å². The third-order valence-corrected chi connectivity index (χ3v) is 2.23. The number of carbonyl (C=O) groups excluding carboxylic acids is 1. The van der Waals surface area contributed by atoms with Gasteiger partial charge in [0.25, 0.3) is 0 Å². The van der Waals surface area contributed by atoms with Crippen LogP contribution in [-0.2, 0) is 14.3 Å². The molecule has 0 amide bonds. The van der Waals surface area contributed by atoms with Crippen molar-refractivity contribution in [1.82, 2.24) is 4.90 Å². The number of aliphatic carboxylic acids is 1. The Bertz CT molecular complexity index is 304. The number of carboxylic acids is 1. The van der Waals surface area contributed by atoms with E-state index in [-0.39, 0.29) is 6.61 Å². The van der Waals surface area contributed by atoms with Crippen LogP contribution in [0.5, 0.6) is 0 Å². The number of ether oxygens (including phenoxy) is 1. The highest BCUT2D eigenvalue weighted by Gasteiger charge is 2.51. The Morgan fingerprint density at radius 1 is 1.50 bits per heavy atom. The summed E-state index contributed by atoms with van der Waals surface area (Å²) in [5.74, 6) is -2.59. The number of nitrogens with zero attached hydrogens (tertiary/aromatic N) is 1. The molecule has 0 aliphatic carbocycles. The number of alkyl halides is 3. The summed E-state index contributed by atoms with van der Waals surface area (Å²) in [6.45, 7) is -0.0920. The van der Waals surface area contributed by atoms with Crippen LogP contribution in [0, 0.1) is 0 Å². The van der Waals surface area contributed by atoms with E-state index >= 15 is 0 Å². The number of ketones is 1. The third-order valence-electron chi connectivity index (χ3n) is 2.23. The van der Waals surface area contributed by atoms with Gasteiger partial charge in [0.2, 0.25) is 0 Å². The molecule has 0 saturated carbocycles. The van der Waals surface area contributed by atoms with Gasteiger partial charge in [0, 0.05) is 0 Å². The maximum absolute atomic E-state index is 12.5. The van der Waals surface area contributed by atoms with Crippen LogP contribution in [0.4, 0.5) is 13.2 Å². The predicted octanol–water partition coefficient (Wildman–Crippen LogP) is 0.249. The summed E-state index contributed by atoms with van der Waals surface area (Å²) in [4.78, 5) is 22.1. The molecule has 0 aromatic heterocycles. The Morgan fingerprint density at radius 3 is 2.44 bits per heavy atom. The molecule has 1 heterocycles. The molecule has 8 heteroatoms. The van der Waals surface area contributed by atoms with Gasteiger partial charge in [-0.1, -0.05) is 0 Å². The van der Waals surface area contributed by atoms with Crippen LogP contribution in [0.15, 0.2) is 0 Å². The molecule has 0 spiro atoms. The summed E-state index contributed by atoms with van der Waals surface area (Å²) in [5.41, 5.74) is 0. The molecule has 92 valence electrons. The second kappa shape index (κ2) is 4.38. The first-order chi connectivity index (χ1) is 7.25. The van der Waals surface area contributed by atoms with E-state index in [1.807, 2.05) is 0 Å². The number of hydrogen-bond donors (Lipinski definition) is 1. The molecule has 1 aliphatic rings. The first-order valence-electron chi connectivity index (χ1n) is 4.38. The molecule has 1 fully saturated rings. The van der Waals surface area contributed by atoms with Crippen molar-refractivity contribution in [1.29, 1.82) is 0 Å². The average Bonchev–Trinajstić information content (AvgIpc) is 2.48. The van der Waals surface area contributed by atoms with E-state index < -0.39 is 36.7 Å². The van der Waals surface area contributed by atoms with Crippen LogP contribution < -0.4 is 0 Å². The SMILES string of the molecule is CC(=O)C(N1COCC1C(=O)O)C(F)(F)F. The van der Waals surface area contributed by atoms with Gasteiger partial charge >= 0.3 is 12.1 Å². The lowest BCUT2D eigenvalue weighted by Crippen LogP contribution is -2.54. The van der Waals surface area contributed by atoms with Crippen molar-refractivity contribution in [2.45, 2.75) is 25.2 Å². The van der Waals surface area contributed by atoms with E-state index in [0.29, 0.717) is 4.90 Å². The van der Waals surface area contributed by atoms with Crippen molar-refractivity contribution in [2.75, 3.05) is 13.3 Å². The molecule has 0 aromatic carbocycles. The van der Waals surface area contributed by atoms with Crippen LogP contribution in [0.1, 0.15) is 6.92 Å². The zero-order valence-electron chi connectivity index (χ0n) is 8.32. The standard InChI is InChI=1S/C8H10F3NO4/c1-4(13)6(8(9,10)11)12-3-16-2-5(12)7(14)15/h5-6H,2-3H2,1H3,(H,14,15). The molecule has 0 aromatic rings. The van der Waals surface area contributed by atoms with Crippen LogP contribution in [0.3, 0.4) is 0 Å². The molecule has 1 aliphatic heterocycles. The van der Waals surface area contributed by atoms with E-state index in [1.54, 1.807) is 0 Å². The van der Waals surface area contributed by atoms with E-state index in [4.69, 9.17) is 5.11 Å². The van der Waals surface area contributed by atoms with E-state index in [0.717, 1.165) is 6.92 Å². The van der Waals surface area contributed by atoms with Crippen molar-refractivity contribution in [3.8, 4) is 0 Å². The first kappa shape index (κ1) is 12.9. The predicted molar refractivity (Wildman–Crippen MR) is 44.6 cm³/mol. The number of carboxylic acid groups (broad SMARTS) is 1. The Labute approximate surface area is 88.8 Å². The fraction of sp³-hybridized carbons (Fsp3) is 0.750. The summed E-state index contributed by atoms with van der Waals surface area (Å²) >= 11 is 0. The van der Waals surface area contributed by atoms with Gasteiger partial charge in [-0.3, -0.25) is 9.59 Å². The molecule has 2 atom stereocenters. The topological polar surface area (TPSA) is 66.8 Å². The quantitative estimate of drug-likeness (QED) is 0.767. The maximum Gasteiger partial charge on any atom is 0.411 e. The minimum atomic E-state index is -4.80. The Kier molecular flexibility index (Phi) is 3.54. The van der Waals surface area contributed by atoms with Crippen molar-refractivity contribution in [3.05, 3.63) is 0 Å². The lowest BCUT2D eigenvalue weighted by molar-refractivity contribution is -0.192. The molecule has 1 rings (SSSR count). The van der Waals surface area contributed by atoms with Gasteiger partial charge in [0.1, 0.15) is 12.8 Å². The average molecular weight is 241 g/mol. The van der Waals surface area contributed by atoms with Gasteiger partial charge in [0.05, 0.1) is 6.61 Å². The highest BCUT2D eigenvalue weighted by atomic mass is 19.4. The summed E-state index contributed by atoms with van der Waals surface area (Å²) in [5, 5.41) is 8.68. The molecule has 0 radical (unpaired) electrons. The number of carbonyl (C=O) groups is 2. The molecule has 16 heavy (non-hydrogen) atoms. The minimum absolute atomic E-state index is 0.352. The lowest BCUT2D eigenvalue weighted by Gasteiger charge is -2.28. The second-order valence-corrected chi connectivity index (χ2v) is 3.42. The molecular weight excluding hydrogens is 231 g/mol. The molecule has 1 saturated heterocycles. The summed E-state index contributed by atoms with van der Waals surface area (Å²) in [6.07, 6.45) is -4.80. The van der Waals surface area contributed by atoms with Crippen molar-refractivity contribution < 1.29 is 32.6 Å². The number of Topliss-reactive ketones (excluding diaryl/α,β-unsaturated/α-hetero) is 1. The highest BCUT2D eigenvalue weighted by Crippen LogP contribution is 2.29. The van der Waals surface area contributed by atoms with Crippen LogP contribution in [0.2, 0.25) is 0 Å². The van der Waals surface area contributed by atoms with Crippen molar-refractivity contribution in [2.24, 2.45) is 0 Å². The fourth-order valence-electron chi connectivity index (χ4n) is 1.58. The second-order valence-electron chi connectivity index (χ2n) is 3.42. The van der Waals surface area contributed by atoms with Crippen LogP contribution in [0.25, 0.3) is 0 Å². The van der Waals surface area contributed by atoms with Crippen LogP contribution >= 0.6 is 0 Å². The maximum atomic E-state index is 12.5. The lowest BCUT2D eigenvalue weighted by atomic mass is 10.1. The Morgan fingerprint density at radius 2 is 2.06 bits per heavy atom. The zero-order chi connectivity index (χ0) is 12.5. The number of hydrogen-bond acceptors (Lipinski definition) is 4. The highest BCUT2D eigenvalue weighted by molar-refractivity contribution is 5.83. The van der Waals surface area contributed by atoms with E-state index in [9.17, 15) is 22.8 Å². The molecule has 0 bridgehead atoms. The summed E-state index contributed by atoms with van der Waals surface area (Å²) in [6, 6.07) is -3.85. The summed E-state index contributed by atoms with van der Waals surface area (Å²) in [7, 11) is 0. The first-order valence-corrected chi connectivity index (χ1v) is 4.38. The normalized spacial score (nSPS) is 24.4. The smallest absolute Gasteiger partial charge is 0.411 e. The van der Waals surface area contributed by atoms with Crippen molar-refractivity contribution >= 4 is 11.8 Å². The van der Waals surface area contributed by atoms with E-state index in [2.05, 4.69) is 4.74 Å². The number of halogens is 3. The van der Waals surface area contributed by atoms with E-state index in [1.165, 1.54) is 0 Å². The van der Waals surface area contributed by atoms with Gasteiger partial charge in [-0.15, -0.1) is 0 Å². The monoisotopic (exact) mass is 241 g/mol. The minimum Gasteiger partial charge on any atom is -0.480 e. The van der Waals surface area contributed by atoms with Gasteiger partial charge in [-0.25, -0.2) is 4.90 Å². The molecule has 2 unspecified atom stereocenters. The van der Waals surface area contributed by atoms with Crippen LogP contribution in [-0.4, -0.2) is 53.4 Å². The molecule has 5 nitrogen and oxygen atoms in total. The zero-order valence-corrected chi connectivity index (χ0v) is 8.32. The Balaban J connectivity index is 2.95. The van der Waals surface area contributed by atoms with Gasteiger partial charge in [-0.05, 0) is 6.92 Å². The largest absolute Gasteiger partial charge is 0.480 e. The summed E-state index contributed by atoms with van der Waals surface area (Å²) < 4.78 is 42.3. The van der Waals surface area contributed by atoms with Gasteiger partial charge in [0.15, 0.2) is 11.8 Å².